The Hall–Kier alpha value is 0.0969. The lowest BCUT2D eigenvalue weighted by molar-refractivity contribution is 0.0741. The van der Waals surface area contributed by atoms with E-state index in [-0.39, 0.29) is 0 Å². The van der Waals surface area contributed by atoms with Crippen LogP contribution in [0.5, 0.6) is 0 Å². The van der Waals surface area contributed by atoms with Crippen LogP contribution in [0.2, 0.25) is 6.04 Å². The van der Waals surface area contributed by atoms with Crippen LogP contribution in [0.15, 0.2) is 0 Å². The molecular weight excluding hydrogens is 172 g/mol. The molecule has 0 spiro atoms. The van der Waals surface area contributed by atoms with E-state index < -0.39 is 8.80 Å². The van der Waals surface area contributed by atoms with Gasteiger partial charge < -0.3 is 13.3 Å². The van der Waals surface area contributed by atoms with Gasteiger partial charge in [-0.15, -0.1) is 0 Å². The second-order valence-electron chi connectivity index (χ2n) is 2.23. The van der Waals surface area contributed by atoms with Crippen LogP contribution in [0.25, 0.3) is 0 Å². The number of rotatable bonds is 7. The molecule has 0 saturated heterocycles. The van der Waals surface area contributed by atoms with Gasteiger partial charge in [0.1, 0.15) is 0 Å². The van der Waals surface area contributed by atoms with E-state index in [9.17, 15) is 0 Å². The molecule has 0 heterocycles. The largest absolute Gasteiger partial charge is 0.500 e. The maximum atomic E-state index is 5.49. The van der Waals surface area contributed by atoms with Gasteiger partial charge in [0, 0.05) is 25.9 Å². The molecule has 0 fully saturated rings. The zero-order valence-corrected chi connectivity index (χ0v) is 9.26. The fourth-order valence-corrected chi connectivity index (χ4v) is 3.00. The van der Waals surface area contributed by atoms with Gasteiger partial charge in [0.05, 0.1) is 0 Å². The number of hydrogen-bond acceptors (Lipinski definition) is 3. The van der Waals surface area contributed by atoms with Crippen molar-refractivity contribution in [3.63, 3.8) is 0 Å². The van der Waals surface area contributed by atoms with E-state index in [4.69, 9.17) is 13.3 Å². The van der Waals surface area contributed by atoms with E-state index in [1.165, 1.54) is 0 Å². The number of hydrogen-bond donors (Lipinski definition) is 0. The molecule has 0 N–H and O–H groups in total. The summed E-state index contributed by atoms with van der Waals surface area (Å²) >= 11 is 0. The van der Waals surface area contributed by atoms with Crippen LogP contribution in [0, 0.1) is 6.92 Å². The lowest BCUT2D eigenvalue weighted by Crippen LogP contribution is -2.45. The van der Waals surface area contributed by atoms with Crippen LogP contribution < -0.4 is 0 Å². The van der Waals surface area contributed by atoms with Gasteiger partial charge in [0.2, 0.25) is 0 Å². The predicted molar refractivity (Wildman–Crippen MR) is 50.8 cm³/mol. The van der Waals surface area contributed by atoms with E-state index >= 15 is 0 Å². The quantitative estimate of drug-likeness (QED) is 0.575. The summed E-state index contributed by atoms with van der Waals surface area (Å²) in [4.78, 5) is 0. The molecule has 12 heavy (non-hydrogen) atoms. The van der Waals surface area contributed by atoms with Crippen molar-refractivity contribution in [2.75, 3.05) is 19.8 Å². The molecule has 1 radical (unpaired) electrons. The van der Waals surface area contributed by atoms with Crippen molar-refractivity contribution >= 4 is 8.80 Å². The van der Waals surface area contributed by atoms with Crippen molar-refractivity contribution < 1.29 is 13.3 Å². The summed E-state index contributed by atoms with van der Waals surface area (Å²) in [6.45, 7) is 11.5. The molecule has 0 unspecified atom stereocenters. The second kappa shape index (κ2) is 6.60. The van der Waals surface area contributed by atoms with Crippen molar-refractivity contribution in [3.8, 4) is 0 Å². The molecule has 0 bridgehead atoms. The van der Waals surface area contributed by atoms with Crippen molar-refractivity contribution in [2.24, 2.45) is 0 Å². The molecule has 0 saturated carbocycles. The molecule has 0 aromatic carbocycles. The fourth-order valence-electron chi connectivity index (χ4n) is 1.00. The lowest BCUT2D eigenvalue weighted by atomic mass is 10.9. The van der Waals surface area contributed by atoms with Crippen LogP contribution in [0.4, 0.5) is 0 Å². The Kier molecular flexibility index (Phi) is 6.65. The van der Waals surface area contributed by atoms with E-state index in [0.717, 1.165) is 0 Å². The molecule has 0 rings (SSSR count). The Morgan fingerprint density at radius 1 is 0.917 bits per heavy atom. The maximum Gasteiger partial charge on any atom is 0.500 e. The Morgan fingerprint density at radius 3 is 1.42 bits per heavy atom. The molecule has 0 atom stereocenters. The standard InChI is InChI=1S/C8H19O3Si/c1-5-9-12(8-4,10-6-2)11-7-3/h4-8H2,1-3H3. The third kappa shape index (κ3) is 3.67. The molecule has 3 nitrogen and oxygen atoms in total. The maximum absolute atomic E-state index is 5.49. The molecule has 0 aromatic heterocycles. The molecule has 0 amide bonds. The van der Waals surface area contributed by atoms with Gasteiger partial charge in [0.25, 0.3) is 0 Å². The van der Waals surface area contributed by atoms with Crippen LogP contribution in [-0.2, 0) is 13.3 Å². The summed E-state index contributed by atoms with van der Waals surface area (Å²) in [5.74, 6) is 0. The summed E-state index contributed by atoms with van der Waals surface area (Å²) in [6, 6.07) is 0.600. The van der Waals surface area contributed by atoms with E-state index in [0.29, 0.717) is 25.9 Å². The molecule has 0 aliphatic heterocycles. The van der Waals surface area contributed by atoms with Crippen molar-refractivity contribution in [1.82, 2.24) is 0 Å². The van der Waals surface area contributed by atoms with Crippen LogP contribution in [0.3, 0.4) is 0 Å². The third-order valence-corrected chi connectivity index (χ3v) is 4.20. The Bertz CT molecular complexity index is 91.5. The molecule has 0 aliphatic rings. The second-order valence-corrected chi connectivity index (χ2v) is 4.96. The smallest absolute Gasteiger partial charge is 0.374 e. The van der Waals surface area contributed by atoms with Gasteiger partial charge >= 0.3 is 8.80 Å². The van der Waals surface area contributed by atoms with E-state index in [2.05, 4.69) is 6.92 Å². The Morgan fingerprint density at radius 2 is 1.25 bits per heavy atom. The Balaban J connectivity index is 4.06. The summed E-state index contributed by atoms with van der Waals surface area (Å²) in [6.07, 6.45) is 0. The molecule has 0 aromatic rings. The average molecular weight is 191 g/mol. The highest BCUT2D eigenvalue weighted by atomic mass is 28.4. The topological polar surface area (TPSA) is 27.7 Å². The molecule has 0 aliphatic carbocycles. The summed E-state index contributed by atoms with van der Waals surface area (Å²) < 4.78 is 16.5. The summed E-state index contributed by atoms with van der Waals surface area (Å²) in [5, 5.41) is 0. The first-order valence-corrected chi connectivity index (χ1v) is 6.39. The first kappa shape index (κ1) is 12.1. The lowest BCUT2D eigenvalue weighted by Gasteiger charge is -2.26. The minimum absolute atomic E-state index is 0.600. The van der Waals surface area contributed by atoms with Gasteiger partial charge in [0.15, 0.2) is 0 Å². The van der Waals surface area contributed by atoms with Gasteiger partial charge in [-0.3, -0.25) is 0 Å². The SMILES string of the molecule is [CH2]C[Si](OCC)(OCC)OCC. The van der Waals surface area contributed by atoms with Crippen molar-refractivity contribution in [2.45, 2.75) is 26.8 Å². The minimum Gasteiger partial charge on any atom is -0.374 e. The monoisotopic (exact) mass is 191 g/mol. The van der Waals surface area contributed by atoms with Gasteiger partial charge in [-0.2, -0.15) is 0 Å². The van der Waals surface area contributed by atoms with Gasteiger partial charge in [-0.1, -0.05) is 0 Å². The molecule has 73 valence electrons. The summed E-state index contributed by atoms with van der Waals surface area (Å²) in [7, 11) is -2.38. The van der Waals surface area contributed by atoms with Gasteiger partial charge in [-0.25, -0.2) is 0 Å². The zero-order chi connectivity index (χ0) is 9.45. The van der Waals surface area contributed by atoms with Crippen LogP contribution in [-0.4, -0.2) is 28.6 Å². The average Bonchev–Trinajstić information content (AvgIpc) is 2.06. The minimum atomic E-state index is -2.38. The van der Waals surface area contributed by atoms with E-state index in [1.54, 1.807) is 0 Å². The first-order valence-electron chi connectivity index (χ1n) is 4.45. The normalized spacial score (nSPS) is 12.0. The molecule has 4 heteroatoms. The fraction of sp³-hybridized carbons (Fsp3) is 0.875. The highest BCUT2D eigenvalue weighted by Crippen LogP contribution is 2.14. The van der Waals surface area contributed by atoms with Crippen LogP contribution in [0.1, 0.15) is 20.8 Å². The van der Waals surface area contributed by atoms with Crippen LogP contribution >= 0.6 is 0 Å². The van der Waals surface area contributed by atoms with E-state index in [1.807, 2.05) is 20.8 Å². The van der Waals surface area contributed by atoms with Crippen molar-refractivity contribution in [1.29, 1.82) is 0 Å². The highest BCUT2D eigenvalue weighted by molar-refractivity contribution is 6.60. The summed E-state index contributed by atoms with van der Waals surface area (Å²) in [5.41, 5.74) is 0. The molecular formula is C8H19O3Si. The zero-order valence-electron chi connectivity index (χ0n) is 8.26. The van der Waals surface area contributed by atoms with Crippen molar-refractivity contribution in [3.05, 3.63) is 6.92 Å². The van der Waals surface area contributed by atoms with Gasteiger partial charge in [-0.05, 0) is 27.7 Å². The third-order valence-electron chi connectivity index (χ3n) is 1.40. The first-order chi connectivity index (χ1) is 5.74. The predicted octanol–water partition coefficient (Wildman–Crippen LogP) is 1.87. The Labute approximate surface area is 76.4 Å². The highest BCUT2D eigenvalue weighted by Gasteiger charge is 2.37.